The number of hydrogen-bond donors (Lipinski definition) is 1. The lowest BCUT2D eigenvalue weighted by molar-refractivity contribution is 0.782. The number of hydrogen-bond acceptors (Lipinski definition) is 3. The molecule has 0 saturated carbocycles. The average Bonchev–Trinajstić information content (AvgIpc) is 2.26. The Kier molecular flexibility index (Phi) is 3.28. The van der Waals surface area contributed by atoms with Crippen molar-refractivity contribution < 1.29 is 0 Å². The van der Waals surface area contributed by atoms with Gasteiger partial charge in [-0.05, 0) is 34.0 Å². The van der Waals surface area contributed by atoms with Gasteiger partial charge in [-0.15, -0.1) is 0 Å². The molecular formula is C12H12BrN3O. The number of nitrogens with zero attached hydrogens (tertiary/aromatic N) is 2. The number of nitrogens with two attached hydrogens (primary N) is 1. The Morgan fingerprint density at radius 1 is 1.41 bits per heavy atom. The first-order chi connectivity index (χ1) is 8.06. The Balaban J connectivity index is 2.34. The third kappa shape index (κ3) is 2.74. The summed E-state index contributed by atoms with van der Waals surface area (Å²) in [6.07, 6.45) is 6.96. The van der Waals surface area contributed by atoms with Crippen molar-refractivity contribution in [2.45, 2.75) is 13.5 Å². The van der Waals surface area contributed by atoms with E-state index in [4.69, 9.17) is 5.73 Å². The Hall–Kier alpha value is -1.62. The van der Waals surface area contributed by atoms with Gasteiger partial charge < -0.3 is 10.3 Å². The summed E-state index contributed by atoms with van der Waals surface area (Å²) < 4.78 is 2.33. The Labute approximate surface area is 107 Å². The summed E-state index contributed by atoms with van der Waals surface area (Å²) in [5, 5.41) is 0. The van der Waals surface area contributed by atoms with Crippen molar-refractivity contribution in [1.29, 1.82) is 0 Å². The molecule has 0 saturated heterocycles. The third-order valence-corrected chi connectivity index (χ3v) is 2.92. The molecule has 5 heteroatoms. The van der Waals surface area contributed by atoms with Gasteiger partial charge in [-0.1, -0.05) is 6.07 Å². The topological polar surface area (TPSA) is 60.9 Å². The largest absolute Gasteiger partial charge is 0.394 e. The number of pyridine rings is 2. The lowest BCUT2D eigenvalue weighted by Gasteiger charge is -2.08. The summed E-state index contributed by atoms with van der Waals surface area (Å²) in [5.74, 6) is 0. The van der Waals surface area contributed by atoms with Crippen molar-refractivity contribution in [2.24, 2.45) is 0 Å². The molecule has 0 spiro atoms. The summed E-state index contributed by atoms with van der Waals surface area (Å²) in [5.41, 5.74) is 7.86. The molecule has 88 valence electrons. The van der Waals surface area contributed by atoms with Gasteiger partial charge in [-0.2, -0.15) is 0 Å². The monoisotopic (exact) mass is 293 g/mol. The van der Waals surface area contributed by atoms with E-state index in [2.05, 4.69) is 27.0 Å². The molecule has 2 heterocycles. The van der Waals surface area contributed by atoms with Crippen LogP contribution in [-0.4, -0.2) is 9.55 Å². The van der Waals surface area contributed by atoms with E-state index in [1.165, 1.54) is 0 Å². The van der Waals surface area contributed by atoms with Crippen molar-refractivity contribution in [3.63, 3.8) is 0 Å². The van der Waals surface area contributed by atoms with Crippen molar-refractivity contribution in [1.82, 2.24) is 9.55 Å². The van der Waals surface area contributed by atoms with Gasteiger partial charge >= 0.3 is 0 Å². The standard InChI is InChI=1S/C12H12BrN3O/c1-8-2-9(4-15-3-8)5-16-6-10(13)12(17)11(14)7-16/h2-4,6-7H,5,14H2,1H3. The quantitative estimate of drug-likeness (QED) is 0.921. The number of aromatic nitrogens is 2. The van der Waals surface area contributed by atoms with Gasteiger partial charge in [-0.25, -0.2) is 0 Å². The summed E-state index contributed by atoms with van der Waals surface area (Å²) in [7, 11) is 0. The van der Waals surface area contributed by atoms with Gasteiger partial charge in [0.05, 0.1) is 10.2 Å². The molecule has 0 fully saturated rings. The molecule has 2 aromatic rings. The van der Waals surface area contributed by atoms with E-state index in [9.17, 15) is 4.79 Å². The highest BCUT2D eigenvalue weighted by Crippen LogP contribution is 2.09. The maximum atomic E-state index is 11.4. The van der Waals surface area contributed by atoms with Crippen LogP contribution in [0.2, 0.25) is 0 Å². The molecule has 0 aromatic carbocycles. The summed E-state index contributed by atoms with van der Waals surface area (Å²) in [4.78, 5) is 15.6. The molecule has 0 amide bonds. The van der Waals surface area contributed by atoms with Gasteiger partial charge in [0, 0.05) is 31.3 Å². The zero-order chi connectivity index (χ0) is 12.4. The number of nitrogen functional groups attached to an aromatic ring is 1. The van der Waals surface area contributed by atoms with Crippen molar-refractivity contribution in [2.75, 3.05) is 5.73 Å². The maximum Gasteiger partial charge on any atom is 0.218 e. The predicted octanol–water partition coefficient (Wildman–Crippen LogP) is 1.94. The van der Waals surface area contributed by atoms with Crippen LogP contribution in [-0.2, 0) is 6.54 Å². The lowest BCUT2D eigenvalue weighted by Crippen LogP contribution is -2.13. The second-order valence-corrected chi connectivity index (χ2v) is 4.79. The van der Waals surface area contributed by atoms with Crippen LogP contribution in [0.4, 0.5) is 5.69 Å². The minimum absolute atomic E-state index is 0.177. The van der Waals surface area contributed by atoms with Crippen LogP contribution >= 0.6 is 15.9 Å². The molecule has 0 radical (unpaired) electrons. The first kappa shape index (κ1) is 11.9. The fourth-order valence-electron chi connectivity index (χ4n) is 1.62. The number of rotatable bonds is 2. The van der Waals surface area contributed by atoms with Crippen molar-refractivity contribution in [3.8, 4) is 0 Å². The van der Waals surface area contributed by atoms with Crippen LogP contribution in [0.3, 0.4) is 0 Å². The van der Waals surface area contributed by atoms with Crippen LogP contribution in [0.5, 0.6) is 0 Å². The van der Waals surface area contributed by atoms with E-state index in [1.807, 2.05) is 11.5 Å². The van der Waals surface area contributed by atoms with Crippen LogP contribution < -0.4 is 11.2 Å². The molecule has 0 aliphatic carbocycles. The normalized spacial score (nSPS) is 10.5. The molecule has 4 nitrogen and oxygen atoms in total. The average molecular weight is 294 g/mol. The third-order valence-electron chi connectivity index (χ3n) is 2.36. The molecule has 0 aliphatic rings. The van der Waals surface area contributed by atoms with Crippen molar-refractivity contribution in [3.05, 3.63) is 56.7 Å². The predicted molar refractivity (Wildman–Crippen MR) is 70.9 cm³/mol. The zero-order valence-electron chi connectivity index (χ0n) is 9.35. The minimum Gasteiger partial charge on any atom is -0.394 e. The minimum atomic E-state index is -0.177. The molecule has 2 rings (SSSR count). The smallest absolute Gasteiger partial charge is 0.218 e. The second kappa shape index (κ2) is 4.71. The molecule has 0 aliphatic heterocycles. The SMILES string of the molecule is Cc1cncc(Cn2cc(N)c(=O)c(Br)c2)c1. The Morgan fingerprint density at radius 2 is 2.18 bits per heavy atom. The molecule has 0 bridgehead atoms. The molecule has 2 aromatic heterocycles. The first-order valence-corrected chi connectivity index (χ1v) is 5.91. The van der Waals surface area contributed by atoms with Crippen LogP contribution in [0, 0.1) is 6.92 Å². The van der Waals surface area contributed by atoms with Gasteiger partial charge in [0.15, 0.2) is 0 Å². The molecule has 17 heavy (non-hydrogen) atoms. The van der Waals surface area contributed by atoms with Crippen molar-refractivity contribution >= 4 is 21.6 Å². The fraction of sp³-hybridized carbons (Fsp3) is 0.167. The molecule has 2 N–H and O–H groups in total. The van der Waals surface area contributed by atoms with Gasteiger partial charge in [0.25, 0.3) is 0 Å². The highest BCUT2D eigenvalue weighted by molar-refractivity contribution is 9.10. The van der Waals surface area contributed by atoms with E-state index in [0.29, 0.717) is 11.0 Å². The highest BCUT2D eigenvalue weighted by atomic mass is 79.9. The highest BCUT2D eigenvalue weighted by Gasteiger charge is 2.03. The number of aryl methyl sites for hydroxylation is 1. The molecular weight excluding hydrogens is 282 g/mol. The number of halogens is 1. The summed E-state index contributed by atoms with van der Waals surface area (Å²) in [6.45, 7) is 2.63. The Morgan fingerprint density at radius 3 is 2.82 bits per heavy atom. The zero-order valence-corrected chi connectivity index (χ0v) is 10.9. The van der Waals surface area contributed by atoms with Crippen LogP contribution in [0.15, 0.2) is 40.1 Å². The number of anilines is 1. The summed E-state index contributed by atoms with van der Waals surface area (Å²) >= 11 is 3.20. The van der Waals surface area contributed by atoms with Gasteiger partial charge in [-0.3, -0.25) is 9.78 Å². The van der Waals surface area contributed by atoms with E-state index in [0.717, 1.165) is 11.1 Å². The van der Waals surface area contributed by atoms with E-state index < -0.39 is 0 Å². The molecule has 0 atom stereocenters. The first-order valence-electron chi connectivity index (χ1n) is 5.12. The lowest BCUT2D eigenvalue weighted by atomic mass is 10.2. The maximum absolute atomic E-state index is 11.4. The Bertz CT molecular complexity index is 581. The fourth-order valence-corrected chi connectivity index (χ4v) is 2.11. The van der Waals surface area contributed by atoms with Crippen LogP contribution in [0.1, 0.15) is 11.1 Å². The van der Waals surface area contributed by atoms with E-state index in [-0.39, 0.29) is 11.1 Å². The van der Waals surface area contributed by atoms with Gasteiger partial charge in [0.2, 0.25) is 5.43 Å². The van der Waals surface area contributed by atoms with Gasteiger partial charge in [0.1, 0.15) is 0 Å². The molecule has 0 unspecified atom stereocenters. The van der Waals surface area contributed by atoms with E-state index in [1.54, 1.807) is 24.8 Å². The van der Waals surface area contributed by atoms with E-state index >= 15 is 0 Å². The summed E-state index contributed by atoms with van der Waals surface area (Å²) in [6, 6.07) is 2.05. The van der Waals surface area contributed by atoms with Crippen LogP contribution in [0.25, 0.3) is 0 Å². The second-order valence-electron chi connectivity index (χ2n) is 3.93.